The van der Waals surface area contributed by atoms with Crippen LogP contribution in [0, 0.1) is 6.92 Å². The lowest BCUT2D eigenvalue weighted by Crippen LogP contribution is -2.31. The summed E-state index contributed by atoms with van der Waals surface area (Å²) in [6.07, 6.45) is 0. The average Bonchev–Trinajstić information content (AvgIpc) is 2.17. The zero-order chi connectivity index (χ0) is 12.2. The number of hydrogen-bond acceptors (Lipinski definition) is 3. The first-order chi connectivity index (χ1) is 7.42. The van der Waals surface area contributed by atoms with Crippen molar-refractivity contribution in [1.82, 2.24) is 0 Å². The Bertz CT molecular complexity index is 443. The normalized spacial score (nSPS) is 11.4. The largest absolute Gasteiger partial charge is 0.371 e. The molecule has 0 aromatic heterocycles. The van der Waals surface area contributed by atoms with Crippen molar-refractivity contribution >= 4 is 15.7 Å². The molecule has 0 spiro atoms. The Hall–Kier alpha value is -1.07. The number of nitrogens with two attached hydrogens (primary N) is 1. The standard InChI is InChI=1S/C11H18N2O2S/c1-3-13(7-8-16(12,14)15)11-6-4-5-10(2)9-11/h4-6,9H,3,7-8H2,1-2H3,(H2,12,14,15). The summed E-state index contributed by atoms with van der Waals surface area (Å²) in [7, 11) is -3.39. The molecule has 1 aromatic carbocycles. The molecule has 0 saturated carbocycles. The van der Waals surface area contributed by atoms with E-state index in [9.17, 15) is 8.42 Å². The highest BCUT2D eigenvalue weighted by Crippen LogP contribution is 2.15. The van der Waals surface area contributed by atoms with Gasteiger partial charge in [-0.15, -0.1) is 0 Å². The van der Waals surface area contributed by atoms with Crippen molar-refractivity contribution in [3.8, 4) is 0 Å². The van der Waals surface area contributed by atoms with E-state index < -0.39 is 10.0 Å². The molecule has 0 radical (unpaired) electrons. The smallest absolute Gasteiger partial charge is 0.210 e. The summed E-state index contributed by atoms with van der Waals surface area (Å²) in [5.74, 6) is -0.0191. The fourth-order valence-electron chi connectivity index (χ4n) is 1.53. The second kappa shape index (κ2) is 5.32. The zero-order valence-corrected chi connectivity index (χ0v) is 10.5. The number of anilines is 1. The summed E-state index contributed by atoms with van der Waals surface area (Å²) >= 11 is 0. The first-order valence-corrected chi connectivity index (χ1v) is 6.96. The number of sulfonamides is 1. The zero-order valence-electron chi connectivity index (χ0n) is 9.68. The van der Waals surface area contributed by atoms with Crippen LogP contribution < -0.4 is 10.0 Å². The maximum atomic E-state index is 10.9. The number of nitrogens with zero attached hydrogens (tertiary/aromatic N) is 1. The Morgan fingerprint density at radius 1 is 1.38 bits per heavy atom. The van der Waals surface area contributed by atoms with Gasteiger partial charge in [-0.2, -0.15) is 0 Å². The van der Waals surface area contributed by atoms with Gasteiger partial charge in [0.15, 0.2) is 0 Å². The van der Waals surface area contributed by atoms with E-state index in [1.807, 2.05) is 43.0 Å². The SMILES string of the molecule is CCN(CCS(N)(=O)=O)c1cccc(C)c1. The van der Waals surface area contributed by atoms with Crippen LogP contribution in [0.15, 0.2) is 24.3 Å². The summed E-state index contributed by atoms with van der Waals surface area (Å²) < 4.78 is 21.8. The van der Waals surface area contributed by atoms with Gasteiger partial charge in [-0.25, -0.2) is 13.6 Å². The van der Waals surface area contributed by atoms with Gasteiger partial charge in [-0.3, -0.25) is 0 Å². The second-order valence-electron chi connectivity index (χ2n) is 3.79. The molecule has 0 bridgehead atoms. The van der Waals surface area contributed by atoms with Crippen molar-refractivity contribution in [1.29, 1.82) is 0 Å². The summed E-state index contributed by atoms with van der Waals surface area (Å²) in [6.45, 7) is 5.19. The predicted octanol–water partition coefficient (Wildman–Crippen LogP) is 1.11. The van der Waals surface area contributed by atoms with Crippen LogP contribution in [0.3, 0.4) is 0 Å². The van der Waals surface area contributed by atoms with Crippen LogP contribution >= 0.6 is 0 Å². The van der Waals surface area contributed by atoms with Gasteiger partial charge in [-0.1, -0.05) is 12.1 Å². The van der Waals surface area contributed by atoms with Gasteiger partial charge in [0.2, 0.25) is 10.0 Å². The lowest BCUT2D eigenvalue weighted by atomic mass is 10.2. The highest BCUT2D eigenvalue weighted by atomic mass is 32.2. The molecule has 2 N–H and O–H groups in total. The van der Waals surface area contributed by atoms with Crippen molar-refractivity contribution in [2.45, 2.75) is 13.8 Å². The van der Waals surface area contributed by atoms with Crippen LogP contribution in [0.2, 0.25) is 0 Å². The van der Waals surface area contributed by atoms with E-state index in [1.165, 1.54) is 0 Å². The molecule has 0 fully saturated rings. The Balaban J connectivity index is 2.75. The summed E-state index contributed by atoms with van der Waals surface area (Å²) in [4.78, 5) is 2.00. The van der Waals surface area contributed by atoms with E-state index in [-0.39, 0.29) is 5.75 Å². The molecule has 1 rings (SSSR count). The molecule has 0 aliphatic carbocycles. The minimum absolute atomic E-state index is 0.0191. The van der Waals surface area contributed by atoms with E-state index in [1.54, 1.807) is 0 Å². The first kappa shape index (κ1) is 13.0. The van der Waals surface area contributed by atoms with E-state index in [2.05, 4.69) is 0 Å². The molecule has 0 unspecified atom stereocenters. The monoisotopic (exact) mass is 242 g/mol. The second-order valence-corrected chi connectivity index (χ2v) is 5.52. The van der Waals surface area contributed by atoms with Crippen molar-refractivity contribution in [2.24, 2.45) is 5.14 Å². The lowest BCUT2D eigenvalue weighted by molar-refractivity contribution is 0.596. The van der Waals surface area contributed by atoms with E-state index >= 15 is 0 Å². The van der Waals surface area contributed by atoms with Gasteiger partial charge < -0.3 is 4.90 Å². The number of aryl methyl sites for hydroxylation is 1. The third-order valence-corrected chi connectivity index (χ3v) is 3.15. The van der Waals surface area contributed by atoms with Crippen LogP contribution in [-0.2, 0) is 10.0 Å². The fraction of sp³-hybridized carbons (Fsp3) is 0.455. The third kappa shape index (κ3) is 4.20. The fourth-order valence-corrected chi connectivity index (χ4v) is 2.01. The van der Waals surface area contributed by atoms with E-state index in [4.69, 9.17) is 5.14 Å². The van der Waals surface area contributed by atoms with Crippen LogP contribution in [-0.4, -0.2) is 27.3 Å². The minimum atomic E-state index is -3.39. The molecule has 0 aliphatic heterocycles. The van der Waals surface area contributed by atoms with Crippen LogP contribution in [0.5, 0.6) is 0 Å². The highest BCUT2D eigenvalue weighted by Gasteiger charge is 2.08. The Labute approximate surface area is 97.1 Å². The van der Waals surface area contributed by atoms with Crippen LogP contribution in [0.25, 0.3) is 0 Å². The Morgan fingerprint density at radius 2 is 2.06 bits per heavy atom. The molecule has 0 atom stereocenters. The van der Waals surface area contributed by atoms with Crippen LogP contribution in [0.1, 0.15) is 12.5 Å². The molecule has 0 amide bonds. The third-order valence-electron chi connectivity index (χ3n) is 2.39. The molecule has 4 nitrogen and oxygen atoms in total. The molecule has 5 heteroatoms. The molecule has 1 aromatic rings. The number of rotatable bonds is 5. The van der Waals surface area contributed by atoms with Crippen molar-refractivity contribution in [2.75, 3.05) is 23.7 Å². The van der Waals surface area contributed by atoms with Gasteiger partial charge in [0.05, 0.1) is 5.75 Å². The average molecular weight is 242 g/mol. The summed E-state index contributed by atoms with van der Waals surface area (Å²) in [5, 5.41) is 4.99. The molecule has 0 aliphatic rings. The minimum Gasteiger partial charge on any atom is -0.371 e. The lowest BCUT2D eigenvalue weighted by Gasteiger charge is -2.22. The quantitative estimate of drug-likeness (QED) is 0.841. The molecule has 16 heavy (non-hydrogen) atoms. The molecular formula is C11H18N2O2S. The van der Waals surface area contributed by atoms with Crippen LogP contribution in [0.4, 0.5) is 5.69 Å². The number of hydrogen-bond donors (Lipinski definition) is 1. The molecular weight excluding hydrogens is 224 g/mol. The van der Waals surface area contributed by atoms with Gasteiger partial charge in [-0.05, 0) is 31.5 Å². The maximum absolute atomic E-state index is 10.9. The molecule has 90 valence electrons. The van der Waals surface area contributed by atoms with Gasteiger partial charge in [0.25, 0.3) is 0 Å². The van der Waals surface area contributed by atoms with Crippen molar-refractivity contribution < 1.29 is 8.42 Å². The topological polar surface area (TPSA) is 63.4 Å². The Morgan fingerprint density at radius 3 is 2.56 bits per heavy atom. The maximum Gasteiger partial charge on any atom is 0.210 e. The highest BCUT2D eigenvalue weighted by molar-refractivity contribution is 7.89. The van der Waals surface area contributed by atoms with E-state index in [0.717, 1.165) is 17.8 Å². The molecule has 0 saturated heterocycles. The van der Waals surface area contributed by atoms with Gasteiger partial charge in [0.1, 0.15) is 0 Å². The van der Waals surface area contributed by atoms with E-state index in [0.29, 0.717) is 6.54 Å². The van der Waals surface area contributed by atoms with Crippen molar-refractivity contribution in [3.63, 3.8) is 0 Å². The Kier molecular flexibility index (Phi) is 4.32. The van der Waals surface area contributed by atoms with Crippen molar-refractivity contribution in [3.05, 3.63) is 29.8 Å². The summed E-state index contributed by atoms with van der Waals surface area (Å²) in [5.41, 5.74) is 2.19. The summed E-state index contributed by atoms with van der Waals surface area (Å²) in [6, 6.07) is 7.98. The van der Waals surface area contributed by atoms with Gasteiger partial charge in [0, 0.05) is 18.8 Å². The van der Waals surface area contributed by atoms with Gasteiger partial charge >= 0.3 is 0 Å². The first-order valence-electron chi connectivity index (χ1n) is 5.24. The molecule has 0 heterocycles. The number of primary sulfonamides is 1. The number of benzene rings is 1. The predicted molar refractivity (Wildman–Crippen MR) is 67.0 cm³/mol.